The molecule has 0 saturated carbocycles. The van der Waals surface area contributed by atoms with Crippen molar-refractivity contribution >= 4 is 23.9 Å². The number of nitrogens with one attached hydrogen (secondary N) is 2. The summed E-state index contributed by atoms with van der Waals surface area (Å²) < 4.78 is 11.0. The Hall–Kier alpha value is -4.32. The Kier molecular flexibility index (Phi) is 12.6. The fourth-order valence-corrected chi connectivity index (χ4v) is 4.37. The number of nitrogens with zero attached hydrogens (tertiary/aromatic N) is 1. The number of carbonyl (C=O) groups excluding carboxylic acids is 4. The van der Waals surface area contributed by atoms with Crippen molar-refractivity contribution in [2.24, 2.45) is 5.92 Å². The number of carbonyl (C=O) groups is 4. The number of aryl methyl sites for hydroxylation is 1. The van der Waals surface area contributed by atoms with Crippen LogP contribution in [0.4, 0.5) is 4.79 Å². The highest BCUT2D eigenvalue weighted by molar-refractivity contribution is 5.95. The standard InChI is InChI=1S/C35H47N3O6/c1-11-24(4)28(37-33(42)44-35(8,9)10)31(40)38(12-2)29(26-20-18-23(3)19-21-26)30(39)36-27(32(41)43-34(5,6)7)22-25-16-14-13-15-17-25/h2,13-21,24,27-29H,11,22H2,1,3-10H3,(H,36,39)(H,37,42). The van der Waals surface area contributed by atoms with Crippen LogP contribution < -0.4 is 10.6 Å². The second-order valence-corrected chi connectivity index (χ2v) is 12.9. The SMILES string of the molecule is C#CN(C(=O)C(NC(=O)OC(C)(C)C)C(C)CC)C(C(=O)NC(Cc1ccccc1)C(=O)OC(C)(C)C)c1ccc(C)cc1. The molecule has 9 heteroatoms. The van der Waals surface area contributed by atoms with Gasteiger partial charge in [0.1, 0.15) is 29.3 Å². The molecule has 0 radical (unpaired) electrons. The molecule has 2 N–H and O–H groups in total. The third kappa shape index (κ3) is 11.1. The van der Waals surface area contributed by atoms with Crippen molar-refractivity contribution in [2.75, 3.05) is 0 Å². The monoisotopic (exact) mass is 605 g/mol. The molecular weight excluding hydrogens is 558 g/mol. The van der Waals surface area contributed by atoms with Gasteiger partial charge in [0.15, 0.2) is 0 Å². The molecule has 238 valence electrons. The summed E-state index contributed by atoms with van der Waals surface area (Å²) in [5, 5.41) is 5.47. The van der Waals surface area contributed by atoms with Crippen molar-refractivity contribution < 1.29 is 28.7 Å². The minimum Gasteiger partial charge on any atom is -0.458 e. The number of amides is 3. The molecule has 4 atom stereocenters. The summed E-state index contributed by atoms with van der Waals surface area (Å²) in [7, 11) is 0. The highest BCUT2D eigenvalue weighted by atomic mass is 16.6. The Balaban J connectivity index is 2.54. The molecule has 2 rings (SSSR count). The smallest absolute Gasteiger partial charge is 0.408 e. The van der Waals surface area contributed by atoms with Crippen molar-refractivity contribution in [3.63, 3.8) is 0 Å². The average Bonchev–Trinajstić information content (AvgIpc) is 2.92. The maximum Gasteiger partial charge on any atom is 0.408 e. The number of hydrogen-bond acceptors (Lipinski definition) is 6. The first-order valence-corrected chi connectivity index (χ1v) is 14.9. The summed E-state index contributed by atoms with van der Waals surface area (Å²) in [6, 6.07) is 15.1. The number of alkyl carbamates (subject to hydrolysis) is 1. The number of terminal acetylenes is 1. The Morgan fingerprint density at radius 3 is 1.95 bits per heavy atom. The lowest BCUT2D eigenvalue weighted by Gasteiger charge is -2.33. The number of esters is 1. The van der Waals surface area contributed by atoms with Crippen LogP contribution in [-0.4, -0.2) is 52.1 Å². The highest BCUT2D eigenvalue weighted by Crippen LogP contribution is 2.25. The van der Waals surface area contributed by atoms with Gasteiger partial charge in [0.25, 0.3) is 5.91 Å². The van der Waals surface area contributed by atoms with Gasteiger partial charge in [-0.1, -0.05) is 86.9 Å². The second-order valence-electron chi connectivity index (χ2n) is 12.9. The zero-order chi connectivity index (χ0) is 33.2. The van der Waals surface area contributed by atoms with Crippen LogP contribution in [0.5, 0.6) is 0 Å². The Labute approximate surface area is 262 Å². The van der Waals surface area contributed by atoms with E-state index < -0.39 is 53.2 Å². The molecule has 0 fully saturated rings. The molecule has 0 bridgehead atoms. The van der Waals surface area contributed by atoms with Crippen LogP contribution in [0.3, 0.4) is 0 Å². The van der Waals surface area contributed by atoms with Gasteiger partial charge in [-0.2, -0.15) is 0 Å². The largest absolute Gasteiger partial charge is 0.458 e. The fourth-order valence-electron chi connectivity index (χ4n) is 4.37. The van der Waals surface area contributed by atoms with E-state index in [1.54, 1.807) is 72.7 Å². The molecule has 0 aliphatic carbocycles. The van der Waals surface area contributed by atoms with E-state index in [1.807, 2.05) is 44.2 Å². The van der Waals surface area contributed by atoms with Gasteiger partial charge in [0.2, 0.25) is 5.91 Å². The molecule has 0 aliphatic heterocycles. The molecule has 2 aromatic carbocycles. The lowest BCUT2D eigenvalue weighted by Crippen LogP contribution is -2.55. The van der Waals surface area contributed by atoms with Crippen LogP contribution in [0.25, 0.3) is 0 Å². The number of rotatable bonds is 11. The van der Waals surface area contributed by atoms with E-state index in [2.05, 4.69) is 16.7 Å². The van der Waals surface area contributed by atoms with E-state index in [4.69, 9.17) is 15.9 Å². The highest BCUT2D eigenvalue weighted by Gasteiger charge is 2.39. The van der Waals surface area contributed by atoms with E-state index >= 15 is 0 Å². The zero-order valence-corrected chi connectivity index (χ0v) is 27.4. The van der Waals surface area contributed by atoms with E-state index in [0.29, 0.717) is 12.0 Å². The maximum atomic E-state index is 14.2. The predicted molar refractivity (Wildman–Crippen MR) is 170 cm³/mol. The van der Waals surface area contributed by atoms with Crippen molar-refractivity contribution in [3.05, 3.63) is 71.3 Å². The summed E-state index contributed by atoms with van der Waals surface area (Å²) in [6.45, 7) is 15.9. The van der Waals surface area contributed by atoms with Gasteiger partial charge in [-0.15, -0.1) is 0 Å². The summed E-state index contributed by atoms with van der Waals surface area (Å²) in [5.74, 6) is -2.31. The van der Waals surface area contributed by atoms with Crippen LogP contribution >= 0.6 is 0 Å². The van der Waals surface area contributed by atoms with E-state index in [0.717, 1.165) is 16.0 Å². The molecule has 3 amide bonds. The van der Waals surface area contributed by atoms with E-state index in [1.165, 1.54) is 0 Å². The third-order valence-electron chi connectivity index (χ3n) is 6.72. The molecular formula is C35H47N3O6. The fraction of sp³-hybridized carbons (Fsp3) is 0.486. The normalized spacial score (nSPS) is 14.2. The van der Waals surface area contributed by atoms with Crippen LogP contribution in [-0.2, 0) is 30.3 Å². The quantitative estimate of drug-likeness (QED) is 0.200. The average molecular weight is 606 g/mol. The van der Waals surface area contributed by atoms with Gasteiger partial charge in [-0.25, -0.2) is 9.59 Å². The van der Waals surface area contributed by atoms with E-state index in [9.17, 15) is 19.2 Å². The topological polar surface area (TPSA) is 114 Å². The maximum absolute atomic E-state index is 14.2. The Morgan fingerprint density at radius 1 is 0.886 bits per heavy atom. The molecule has 9 nitrogen and oxygen atoms in total. The Bertz CT molecular complexity index is 1320. The lowest BCUT2D eigenvalue weighted by molar-refractivity contribution is -0.159. The van der Waals surface area contributed by atoms with Crippen molar-refractivity contribution in [3.8, 4) is 12.5 Å². The van der Waals surface area contributed by atoms with Crippen molar-refractivity contribution in [2.45, 2.75) is 104 Å². The summed E-state index contributed by atoms with van der Waals surface area (Å²) >= 11 is 0. The molecule has 0 aromatic heterocycles. The van der Waals surface area contributed by atoms with Gasteiger partial charge < -0.3 is 20.1 Å². The summed E-state index contributed by atoms with van der Waals surface area (Å²) in [4.78, 5) is 55.3. The molecule has 44 heavy (non-hydrogen) atoms. The van der Waals surface area contributed by atoms with Gasteiger partial charge in [0, 0.05) is 12.5 Å². The molecule has 0 heterocycles. The molecule has 4 unspecified atom stereocenters. The summed E-state index contributed by atoms with van der Waals surface area (Å²) in [5.41, 5.74) is 0.580. The van der Waals surface area contributed by atoms with Gasteiger partial charge in [-0.3, -0.25) is 14.5 Å². The van der Waals surface area contributed by atoms with Crippen LogP contribution in [0.15, 0.2) is 54.6 Å². The molecule has 2 aromatic rings. The van der Waals surface area contributed by atoms with Gasteiger partial charge >= 0.3 is 12.1 Å². The number of ether oxygens (including phenoxy) is 2. The first-order chi connectivity index (χ1) is 20.5. The number of hydrogen-bond donors (Lipinski definition) is 2. The minimum absolute atomic E-state index is 0.155. The first-order valence-electron chi connectivity index (χ1n) is 14.9. The predicted octanol–water partition coefficient (Wildman–Crippen LogP) is 5.46. The molecule has 0 saturated heterocycles. The van der Waals surface area contributed by atoms with Crippen LogP contribution in [0, 0.1) is 25.3 Å². The first kappa shape index (κ1) is 35.9. The van der Waals surface area contributed by atoms with Crippen LogP contribution in [0.2, 0.25) is 0 Å². The number of benzene rings is 2. The van der Waals surface area contributed by atoms with Gasteiger partial charge in [0.05, 0.1) is 0 Å². The van der Waals surface area contributed by atoms with Gasteiger partial charge in [-0.05, 0) is 65.5 Å². The minimum atomic E-state index is -1.32. The zero-order valence-electron chi connectivity index (χ0n) is 27.4. The van der Waals surface area contributed by atoms with Crippen molar-refractivity contribution in [1.29, 1.82) is 0 Å². The molecule has 0 aliphatic rings. The second kappa shape index (κ2) is 15.4. The lowest BCUT2D eigenvalue weighted by atomic mass is 9.95. The summed E-state index contributed by atoms with van der Waals surface area (Å²) in [6.07, 6.45) is 5.83. The molecule has 0 spiro atoms. The van der Waals surface area contributed by atoms with Crippen molar-refractivity contribution in [1.82, 2.24) is 15.5 Å². The Morgan fingerprint density at radius 2 is 1.45 bits per heavy atom. The third-order valence-corrected chi connectivity index (χ3v) is 6.72. The van der Waals surface area contributed by atoms with E-state index in [-0.39, 0.29) is 12.3 Å². The van der Waals surface area contributed by atoms with Crippen LogP contribution in [0.1, 0.15) is 84.5 Å².